The van der Waals surface area contributed by atoms with Crippen LogP contribution in [0.2, 0.25) is 0 Å². The van der Waals surface area contributed by atoms with Gasteiger partial charge in [-0.25, -0.2) is 0 Å². The predicted octanol–water partition coefficient (Wildman–Crippen LogP) is 4.05. The first-order chi connectivity index (χ1) is 8.85. The first-order valence-corrected chi connectivity index (χ1v) is 5.32. The summed E-state index contributed by atoms with van der Waals surface area (Å²) >= 11 is 0. The first-order valence-electron chi connectivity index (χ1n) is 5.32. The molecule has 0 spiro atoms. The molecule has 1 aromatic heterocycles. The fraction of sp³-hybridized carbons (Fsp3) is 0.154. The fourth-order valence-corrected chi connectivity index (χ4v) is 1.53. The van der Waals surface area contributed by atoms with Crippen LogP contribution in [0.5, 0.6) is 5.75 Å². The van der Waals surface area contributed by atoms with Crippen molar-refractivity contribution in [2.24, 2.45) is 0 Å². The Labute approximate surface area is 106 Å². The minimum atomic E-state index is -4.74. The third kappa shape index (κ3) is 3.37. The summed E-state index contributed by atoms with van der Waals surface area (Å²) in [6.45, 7) is 1.34. The summed E-state index contributed by atoms with van der Waals surface area (Å²) in [6.07, 6.45) is -4.74. The van der Waals surface area contributed by atoms with Crippen molar-refractivity contribution in [2.75, 3.05) is 0 Å². The average Bonchev–Trinajstić information content (AvgIpc) is 2.76. The number of benzene rings is 1. The van der Waals surface area contributed by atoms with Crippen LogP contribution < -0.4 is 4.74 Å². The lowest BCUT2D eigenvalue weighted by Crippen LogP contribution is -2.17. The van der Waals surface area contributed by atoms with Crippen molar-refractivity contribution in [3.8, 4) is 17.1 Å². The van der Waals surface area contributed by atoms with Gasteiger partial charge in [-0.1, -0.05) is 12.1 Å². The summed E-state index contributed by atoms with van der Waals surface area (Å²) in [5.74, 6) is -0.144. The SMILES string of the molecule is CC(=O)c1ccc(-c2cccc(OC(F)(F)F)c2)o1. The lowest BCUT2D eigenvalue weighted by Gasteiger charge is -2.09. The van der Waals surface area contributed by atoms with Crippen molar-refractivity contribution in [1.29, 1.82) is 0 Å². The minimum Gasteiger partial charge on any atom is -0.453 e. The highest BCUT2D eigenvalue weighted by Gasteiger charge is 2.31. The van der Waals surface area contributed by atoms with Gasteiger partial charge in [-0.3, -0.25) is 4.79 Å². The second-order valence-corrected chi connectivity index (χ2v) is 3.80. The van der Waals surface area contributed by atoms with Crippen LogP contribution in [-0.2, 0) is 0 Å². The highest BCUT2D eigenvalue weighted by atomic mass is 19.4. The fourth-order valence-electron chi connectivity index (χ4n) is 1.53. The minimum absolute atomic E-state index is 0.150. The van der Waals surface area contributed by atoms with Gasteiger partial charge in [0.1, 0.15) is 11.5 Å². The smallest absolute Gasteiger partial charge is 0.453 e. The van der Waals surface area contributed by atoms with Gasteiger partial charge in [0.2, 0.25) is 0 Å². The van der Waals surface area contributed by atoms with E-state index >= 15 is 0 Å². The molecule has 0 radical (unpaired) electrons. The molecule has 1 heterocycles. The molecule has 0 unspecified atom stereocenters. The summed E-state index contributed by atoms with van der Waals surface area (Å²) in [6, 6.07) is 8.33. The van der Waals surface area contributed by atoms with Gasteiger partial charge < -0.3 is 9.15 Å². The van der Waals surface area contributed by atoms with Crippen LogP contribution in [0.4, 0.5) is 13.2 Å². The van der Waals surface area contributed by atoms with Crippen molar-refractivity contribution in [2.45, 2.75) is 13.3 Å². The normalized spacial score (nSPS) is 11.4. The Kier molecular flexibility index (Phi) is 3.33. The Bertz CT molecular complexity index is 599. The molecule has 1 aromatic carbocycles. The third-order valence-electron chi connectivity index (χ3n) is 2.31. The Hall–Kier alpha value is -2.24. The Morgan fingerprint density at radius 2 is 1.95 bits per heavy atom. The van der Waals surface area contributed by atoms with Crippen molar-refractivity contribution in [3.63, 3.8) is 0 Å². The van der Waals surface area contributed by atoms with E-state index in [1.165, 1.54) is 37.3 Å². The first kappa shape index (κ1) is 13.2. The van der Waals surface area contributed by atoms with E-state index in [0.29, 0.717) is 11.3 Å². The zero-order valence-corrected chi connectivity index (χ0v) is 9.82. The number of hydrogen-bond donors (Lipinski definition) is 0. The van der Waals surface area contributed by atoms with Crippen LogP contribution in [0.15, 0.2) is 40.8 Å². The largest absolute Gasteiger partial charge is 0.573 e. The number of ketones is 1. The molecule has 100 valence electrons. The van der Waals surface area contributed by atoms with E-state index in [1.807, 2.05) is 0 Å². The second kappa shape index (κ2) is 4.79. The maximum absolute atomic E-state index is 12.1. The number of rotatable bonds is 3. The van der Waals surface area contributed by atoms with Gasteiger partial charge in [0.05, 0.1) is 0 Å². The summed E-state index contributed by atoms with van der Waals surface area (Å²) in [4.78, 5) is 11.1. The molecule has 0 saturated carbocycles. The molecule has 6 heteroatoms. The van der Waals surface area contributed by atoms with Crippen molar-refractivity contribution >= 4 is 5.78 Å². The number of carbonyl (C=O) groups is 1. The van der Waals surface area contributed by atoms with E-state index in [1.54, 1.807) is 6.07 Å². The molecular formula is C13H9F3O3. The topological polar surface area (TPSA) is 39.4 Å². The van der Waals surface area contributed by atoms with E-state index in [2.05, 4.69) is 4.74 Å². The zero-order valence-electron chi connectivity index (χ0n) is 9.82. The van der Waals surface area contributed by atoms with Gasteiger partial charge in [-0.05, 0) is 24.3 Å². The van der Waals surface area contributed by atoms with Crippen molar-refractivity contribution < 1.29 is 27.1 Å². The molecule has 0 amide bonds. The summed E-state index contributed by atoms with van der Waals surface area (Å²) in [7, 11) is 0. The molecule has 0 N–H and O–H groups in total. The average molecular weight is 270 g/mol. The molecule has 2 rings (SSSR count). The number of hydrogen-bond acceptors (Lipinski definition) is 3. The standard InChI is InChI=1S/C13H9F3O3/c1-8(17)11-5-6-12(18-11)9-3-2-4-10(7-9)19-13(14,15)16/h2-7H,1H3. The molecular weight excluding hydrogens is 261 g/mol. The van der Waals surface area contributed by atoms with Crippen LogP contribution >= 0.6 is 0 Å². The number of Topliss-reactive ketones (excluding diaryl/α,β-unsaturated/α-hetero) is 1. The van der Waals surface area contributed by atoms with Gasteiger partial charge in [0.25, 0.3) is 0 Å². The van der Waals surface area contributed by atoms with E-state index < -0.39 is 6.36 Å². The molecule has 0 aliphatic carbocycles. The third-order valence-corrected chi connectivity index (χ3v) is 2.31. The number of alkyl halides is 3. The van der Waals surface area contributed by atoms with Crippen LogP contribution in [0.3, 0.4) is 0 Å². The second-order valence-electron chi connectivity index (χ2n) is 3.80. The van der Waals surface area contributed by atoms with Gasteiger partial charge in [0, 0.05) is 12.5 Å². The van der Waals surface area contributed by atoms with Gasteiger partial charge >= 0.3 is 6.36 Å². The molecule has 0 aliphatic heterocycles. The molecule has 0 fully saturated rings. The highest BCUT2D eigenvalue weighted by Crippen LogP contribution is 2.29. The van der Waals surface area contributed by atoms with E-state index in [9.17, 15) is 18.0 Å². The highest BCUT2D eigenvalue weighted by molar-refractivity contribution is 5.91. The van der Waals surface area contributed by atoms with Crippen molar-refractivity contribution in [1.82, 2.24) is 0 Å². The monoisotopic (exact) mass is 270 g/mol. The van der Waals surface area contributed by atoms with Gasteiger partial charge in [0.15, 0.2) is 11.5 Å². The molecule has 19 heavy (non-hydrogen) atoms. The van der Waals surface area contributed by atoms with Crippen LogP contribution in [0.25, 0.3) is 11.3 Å². The van der Waals surface area contributed by atoms with Crippen LogP contribution in [0.1, 0.15) is 17.5 Å². The van der Waals surface area contributed by atoms with Gasteiger partial charge in [-0.2, -0.15) is 0 Å². The molecule has 3 nitrogen and oxygen atoms in total. The Morgan fingerprint density at radius 1 is 1.21 bits per heavy atom. The molecule has 0 atom stereocenters. The van der Waals surface area contributed by atoms with E-state index in [0.717, 1.165) is 0 Å². The number of halogens is 3. The quantitative estimate of drug-likeness (QED) is 0.790. The lowest BCUT2D eigenvalue weighted by molar-refractivity contribution is -0.274. The maximum atomic E-state index is 12.1. The lowest BCUT2D eigenvalue weighted by atomic mass is 10.1. The zero-order chi connectivity index (χ0) is 14.0. The Balaban J connectivity index is 2.29. The number of ether oxygens (including phenoxy) is 1. The molecule has 0 bridgehead atoms. The summed E-state index contributed by atoms with van der Waals surface area (Å²) in [5, 5.41) is 0. The molecule has 2 aromatic rings. The number of carbonyl (C=O) groups excluding carboxylic acids is 1. The van der Waals surface area contributed by atoms with E-state index in [-0.39, 0.29) is 17.3 Å². The Morgan fingerprint density at radius 3 is 2.53 bits per heavy atom. The predicted molar refractivity (Wildman–Crippen MR) is 60.8 cm³/mol. The maximum Gasteiger partial charge on any atom is 0.573 e. The van der Waals surface area contributed by atoms with Gasteiger partial charge in [-0.15, -0.1) is 13.2 Å². The summed E-state index contributed by atoms with van der Waals surface area (Å²) in [5.41, 5.74) is 0.397. The van der Waals surface area contributed by atoms with E-state index in [4.69, 9.17) is 4.42 Å². The summed E-state index contributed by atoms with van der Waals surface area (Å²) < 4.78 is 45.3. The van der Waals surface area contributed by atoms with Crippen LogP contribution in [0, 0.1) is 0 Å². The molecule has 0 saturated heterocycles. The van der Waals surface area contributed by atoms with Crippen LogP contribution in [-0.4, -0.2) is 12.1 Å². The molecule has 0 aliphatic rings. The van der Waals surface area contributed by atoms with Crippen molar-refractivity contribution in [3.05, 3.63) is 42.2 Å². The number of furan rings is 1.